The SMILES string of the molecule is CCCCC(CC)COCCNC(C)CC. The van der Waals surface area contributed by atoms with Crippen LogP contribution in [0.25, 0.3) is 0 Å². The molecule has 0 saturated carbocycles. The van der Waals surface area contributed by atoms with E-state index in [9.17, 15) is 0 Å². The van der Waals surface area contributed by atoms with Crippen molar-refractivity contribution in [3.05, 3.63) is 0 Å². The van der Waals surface area contributed by atoms with Crippen molar-refractivity contribution in [3.8, 4) is 0 Å². The smallest absolute Gasteiger partial charge is 0.0591 e. The minimum absolute atomic E-state index is 0.616. The fraction of sp³-hybridized carbons (Fsp3) is 1.00. The van der Waals surface area contributed by atoms with Crippen LogP contribution in [-0.4, -0.2) is 25.8 Å². The van der Waals surface area contributed by atoms with Crippen LogP contribution in [0.5, 0.6) is 0 Å². The van der Waals surface area contributed by atoms with E-state index < -0.39 is 0 Å². The van der Waals surface area contributed by atoms with Gasteiger partial charge in [-0.25, -0.2) is 0 Å². The molecule has 0 aliphatic heterocycles. The first kappa shape index (κ1) is 15.9. The zero-order valence-corrected chi connectivity index (χ0v) is 11.7. The minimum atomic E-state index is 0.616. The molecule has 0 spiro atoms. The third kappa shape index (κ3) is 9.17. The quantitative estimate of drug-likeness (QED) is 0.547. The van der Waals surface area contributed by atoms with E-state index in [1.165, 1.54) is 32.1 Å². The minimum Gasteiger partial charge on any atom is -0.380 e. The predicted octanol–water partition coefficient (Wildman–Crippen LogP) is 3.61. The van der Waals surface area contributed by atoms with Gasteiger partial charge in [-0.1, -0.05) is 40.0 Å². The van der Waals surface area contributed by atoms with E-state index in [0.29, 0.717) is 6.04 Å². The number of nitrogens with one attached hydrogen (secondary N) is 1. The van der Waals surface area contributed by atoms with E-state index in [-0.39, 0.29) is 0 Å². The van der Waals surface area contributed by atoms with Crippen LogP contribution in [0.15, 0.2) is 0 Å². The third-order valence-corrected chi connectivity index (χ3v) is 3.25. The molecule has 2 atom stereocenters. The maximum absolute atomic E-state index is 5.72. The summed E-state index contributed by atoms with van der Waals surface area (Å²) < 4.78 is 5.72. The monoisotopic (exact) mass is 229 g/mol. The highest BCUT2D eigenvalue weighted by molar-refractivity contribution is 4.58. The summed E-state index contributed by atoms with van der Waals surface area (Å²) in [4.78, 5) is 0. The maximum Gasteiger partial charge on any atom is 0.0591 e. The molecule has 0 aliphatic rings. The molecule has 98 valence electrons. The summed E-state index contributed by atoms with van der Waals surface area (Å²) in [5.74, 6) is 0.767. The van der Waals surface area contributed by atoms with Crippen LogP contribution in [0.4, 0.5) is 0 Å². The Morgan fingerprint density at radius 2 is 1.88 bits per heavy atom. The highest BCUT2D eigenvalue weighted by atomic mass is 16.5. The van der Waals surface area contributed by atoms with Crippen LogP contribution in [0.2, 0.25) is 0 Å². The van der Waals surface area contributed by atoms with Crippen LogP contribution in [-0.2, 0) is 4.74 Å². The summed E-state index contributed by atoms with van der Waals surface area (Å²) >= 11 is 0. The zero-order valence-electron chi connectivity index (χ0n) is 11.7. The van der Waals surface area contributed by atoms with Gasteiger partial charge in [-0.3, -0.25) is 0 Å². The van der Waals surface area contributed by atoms with Crippen molar-refractivity contribution >= 4 is 0 Å². The second-order valence-electron chi connectivity index (χ2n) is 4.75. The van der Waals surface area contributed by atoms with E-state index in [2.05, 4.69) is 33.0 Å². The van der Waals surface area contributed by atoms with Crippen molar-refractivity contribution in [2.75, 3.05) is 19.8 Å². The lowest BCUT2D eigenvalue weighted by atomic mass is 10.0. The van der Waals surface area contributed by atoms with Gasteiger partial charge in [0.2, 0.25) is 0 Å². The molecule has 0 bridgehead atoms. The van der Waals surface area contributed by atoms with Gasteiger partial charge in [0.05, 0.1) is 6.61 Å². The molecule has 1 N–H and O–H groups in total. The van der Waals surface area contributed by atoms with Crippen molar-refractivity contribution in [3.63, 3.8) is 0 Å². The van der Waals surface area contributed by atoms with Crippen molar-refractivity contribution in [2.45, 2.75) is 65.8 Å². The van der Waals surface area contributed by atoms with Crippen molar-refractivity contribution < 1.29 is 4.74 Å². The molecule has 0 saturated heterocycles. The molecule has 0 aromatic heterocycles. The van der Waals surface area contributed by atoms with E-state index in [1.54, 1.807) is 0 Å². The average Bonchev–Trinajstić information content (AvgIpc) is 2.32. The first-order valence-electron chi connectivity index (χ1n) is 7.05. The van der Waals surface area contributed by atoms with Crippen molar-refractivity contribution in [1.82, 2.24) is 5.32 Å². The third-order valence-electron chi connectivity index (χ3n) is 3.25. The fourth-order valence-corrected chi connectivity index (χ4v) is 1.67. The lowest BCUT2D eigenvalue weighted by Gasteiger charge is -2.16. The topological polar surface area (TPSA) is 21.3 Å². The Morgan fingerprint density at radius 3 is 2.44 bits per heavy atom. The summed E-state index contributed by atoms with van der Waals surface area (Å²) in [6.07, 6.45) is 6.40. The molecule has 0 fully saturated rings. The zero-order chi connectivity index (χ0) is 12.2. The first-order valence-corrected chi connectivity index (χ1v) is 7.05. The van der Waals surface area contributed by atoms with Gasteiger partial charge in [0.25, 0.3) is 0 Å². The molecular weight excluding hydrogens is 198 g/mol. The summed E-state index contributed by atoms with van der Waals surface area (Å²) in [5.41, 5.74) is 0. The number of hydrogen-bond acceptors (Lipinski definition) is 2. The molecule has 0 rings (SSSR count). The number of unbranched alkanes of at least 4 members (excludes halogenated alkanes) is 1. The number of rotatable bonds is 11. The van der Waals surface area contributed by atoms with E-state index in [0.717, 1.165) is 25.7 Å². The molecule has 2 unspecified atom stereocenters. The molecule has 0 amide bonds. The van der Waals surface area contributed by atoms with Crippen molar-refractivity contribution in [2.24, 2.45) is 5.92 Å². The molecule has 0 aromatic rings. The highest BCUT2D eigenvalue weighted by Crippen LogP contribution is 2.12. The molecule has 0 heterocycles. The average molecular weight is 229 g/mol. The largest absolute Gasteiger partial charge is 0.380 e. The van der Waals surface area contributed by atoms with Crippen LogP contribution in [0, 0.1) is 5.92 Å². The van der Waals surface area contributed by atoms with Gasteiger partial charge in [0, 0.05) is 19.2 Å². The highest BCUT2D eigenvalue weighted by Gasteiger charge is 2.05. The lowest BCUT2D eigenvalue weighted by molar-refractivity contribution is 0.0944. The molecule has 0 aromatic carbocycles. The molecule has 2 nitrogen and oxygen atoms in total. The maximum atomic E-state index is 5.72. The van der Waals surface area contributed by atoms with Gasteiger partial charge in [0.15, 0.2) is 0 Å². The normalized spacial score (nSPS) is 15.0. The Morgan fingerprint density at radius 1 is 1.12 bits per heavy atom. The van der Waals surface area contributed by atoms with Gasteiger partial charge in [-0.2, -0.15) is 0 Å². The van der Waals surface area contributed by atoms with Crippen LogP contribution in [0.1, 0.15) is 59.8 Å². The van der Waals surface area contributed by atoms with Gasteiger partial charge < -0.3 is 10.1 Å². The van der Waals surface area contributed by atoms with Crippen molar-refractivity contribution in [1.29, 1.82) is 0 Å². The molecular formula is C14H31NO. The summed E-state index contributed by atoms with van der Waals surface area (Å²) in [6, 6.07) is 0.616. The van der Waals surface area contributed by atoms with E-state index in [4.69, 9.17) is 4.74 Å². The molecule has 0 radical (unpaired) electrons. The Labute approximate surface area is 102 Å². The number of ether oxygens (including phenoxy) is 1. The predicted molar refractivity (Wildman–Crippen MR) is 71.9 cm³/mol. The summed E-state index contributed by atoms with van der Waals surface area (Å²) in [6.45, 7) is 11.7. The van der Waals surface area contributed by atoms with Gasteiger partial charge in [-0.05, 0) is 25.7 Å². The second-order valence-corrected chi connectivity index (χ2v) is 4.75. The van der Waals surface area contributed by atoms with Gasteiger partial charge in [0.1, 0.15) is 0 Å². The van der Waals surface area contributed by atoms with Gasteiger partial charge in [-0.15, -0.1) is 0 Å². The van der Waals surface area contributed by atoms with Crippen LogP contribution >= 0.6 is 0 Å². The van der Waals surface area contributed by atoms with Crippen LogP contribution in [0.3, 0.4) is 0 Å². The fourth-order valence-electron chi connectivity index (χ4n) is 1.67. The van der Waals surface area contributed by atoms with Crippen LogP contribution < -0.4 is 5.32 Å². The Kier molecular flexibility index (Phi) is 11.3. The first-order chi connectivity index (χ1) is 7.74. The Bertz CT molecular complexity index is 139. The molecule has 0 aliphatic carbocycles. The van der Waals surface area contributed by atoms with Gasteiger partial charge >= 0.3 is 0 Å². The standard InChI is InChI=1S/C14H31NO/c1-5-8-9-14(7-3)12-16-11-10-15-13(4)6-2/h13-15H,5-12H2,1-4H3. The summed E-state index contributed by atoms with van der Waals surface area (Å²) in [5, 5.41) is 3.44. The molecule has 2 heteroatoms. The number of hydrogen-bond donors (Lipinski definition) is 1. The Balaban J connectivity index is 3.33. The lowest BCUT2D eigenvalue weighted by Crippen LogP contribution is -2.29. The summed E-state index contributed by atoms with van der Waals surface area (Å²) in [7, 11) is 0. The van der Waals surface area contributed by atoms with E-state index >= 15 is 0 Å². The Hall–Kier alpha value is -0.0800. The van der Waals surface area contributed by atoms with E-state index in [1.807, 2.05) is 0 Å². The second kappa shape index (κ2) is 11.4. The molecule has 16 heavy (non-hydrogen) atoms.